The van der Waals surface area contributed by atoms with Crippen LogP contribution in [-0.4, -0.2) is 28.6 Å². The van der Waals surface area contributed by atoms with Crippen molar-refractivity contribution >= 4 is 5.97 Å². The molecule has 1 aromatic rings. The van der Waals surface area contributed by atoms with E-state index in [1.165, 1.54) is 6.08 Å². The molecule has 0 aromatic carbocycles. The summed E-state index contributed by atoms with van der Waals surface area (Å²) in [4.78, 5) is 17.8. The van der Waals surface area contributed by atoms with Gasteiger partial charge in [-0.15, -0.1) is 0 Å². The molecule has 1 atom stereocenters. The molecule has 0 bridgehead atoms. The van der Waals surface area contributed by atoms with Gasteiger partial charge in [0.15, 0.2) is 0 Å². The molecule has 0 saturated heterocycles. The van der Waals surface area contributed by atoms with Crippen LogP contribution in [0.25, 0.3) is 0 Å². The number of rotatable bonds is 5. The molecule has 0 saturated carbocycles. The van der Waals surface area contributed by atoms with E-state index < -0.39 is 0 Å². The molecule has 82 valence electrons. The molecular weight excluding hydrogens is 194 g/mol. The highest BCUT2D eigenvalue weighted by Crippen LogP contribution is 1.97. The zero-order valence-corrected chi connectivity index (χ0v) is 8.64. The van der Waals surface area contributed by atoms with Crippen LogP contribution in [0.3, 0.4) is 0 Å². The van der Waals surface area contributed by atoms with Gasteiger partial charge in [-0.05, 0) is 6.92 Å². The van der Waals surface area contributed by atoms with Crippen LogP contribution < -0.4 is 5.73 Å². The van der Waals surface area contributed by atoms with Gasteiger partial charge in [-0.2, -0.15) is 0 Å². The fraction of sp³-hybridized carbons (Fsp3) is 0.400. The largest absolute Gasteiger partial charge is 0.463 e. The summed E-state index contributed by atoms with van der Waals surface area (Å²) in [5.74, 6) is -0.366. The Kier molecular flexibility index (Phi) is 4.56. The molecule has 1 heterocycles. The second kappa shape index (κ2) is 5.98. The maximum absolute atomic E-state index is 11.0. The Hall–Kier alpha value is -1.62. The standard InChI is InChI=1S/C10H15N3O2/c1-2-15-10(14)4-3-8(11)5-9-6-12-7-13-9/h3-4,6-8H,2,5,11H2,1H3,(H,12,13)/b4-3+. The first-order valence-electron chi connectivity index (χ1n) is 4.80. The highest BCUT2D eigenvalue weighted by molar-refractivity contribution is 5.81. The van der Waals surface area contributed by atoms with Crippen molar-refractivity contribution in [3.05, 3.63) is 30.4 Å². The minimum Gasteiger partial charge on any atom is -0.463 e. The molecule has 1 rings (SSSR count). The number of hydrogen-bond donors (Lipinski definition) is 2. The van der Waals surface area contributed by atoms with E-state index >= 15 is 0 Å². The molecule has 0 aliphatic heterocycles. The van der Waals surface area contributed by atoms with Gasteiger partial charge in [0.25, 0.3) is 0 Å². The third-order valence-corrected chi connectivity index (χ3v) is 1.77. The van der Waals surface area contributed by atoms with Crippen molar-refractivity contribution in [2.45, 2.75) is 19.4 Å². The summed E-state index contributed by atoms with van der Waals surface area (Å²) in [6, 6.07) is -0.224. The summed E-state index contributed by atoms with van der Waals surface area (Å²) in [5, 5.41) is 0. The van der Waals surface area contributed by atoms with Gasteiger partial charge in [-0.3, -0.25) is 0 Å². The Morgan fingerprint density at radius 1 is 1.80 bits per heavy atom. The summed E-state index contributed by atoms with van der Waals surface area (Å²) in [6.07, 6.45) is 6.93. The quantitative estimate of drug-likeness (QED) is 0.543. The molecule has 0 aliphatic carbocycles. The number of H-pyrrole nitrogens is 1. The topological polar surface area (TPSA) is 81.0 Å². The molecule has 5 heteroatoms. The maximum atomic E-state index is 11.0. The molecule has 0 aliphatic rings. The lowest BCUT2D eigenvalue weighted by atomic mass is 10.1. The number of imidazole rings is 1. The van der Waals surface area contributed by atoms with Crippen LogP contribution in [0.2, 0.25) is 0 Å². The number of carbonyl (C=O) groups is 1. The van der Waals surface area contributed by atoms with E-state index in [2.05, 4.69) is 9.97 Å². The number of nitrogens with one attached hydrogen (secondary N) is 1. The first-order chi connectivity index (χ1) is 7.22. The highest BCUT2D eigenvalue weighted by Gasteiger charge is 2.02. The number of nitrogens with two attached hydrogens (primary N) is 1. The van der Waals surface area contributed by atoms with Crippen molar-refractivity contribution in [2.24, 2.45) is 5.73 Å². The van der Waals surface area contributed by atoms with Gasteiger partial charge in [0, 0.05) is 24.7 Å². The number of hydrogen-bond acceptors (Lipinski definition) is 4. The number of esters is 1. The van der Waals surface area contributed by atoms with E-state index in [9.17, 15) is 4.79 Å². The van der Waals surface area contributed by atoms with Gasteiger partial charge in [-0.1, -0.05) is 6.08 Å². The summed E-state index contributed by atoms with van der Waals surface area (Å²) >= 11 is 0. The number of aromatic amines is 1. The fourth-order valence-electron chi connectivity index (χ4n) is 1.10. The van der Waals surface area contributed by atoms with Crippen LogP contribution in [0.1, 0.15) is 12.6 Å². The number of nitrogens with zero attached hydrogens (tertiary/aromatic N) is 1. The van der Waals surface area contributed by atoms with E-state index in [4.69, 9.17) is 10.5 Å². The molecule has 3 N–H and O–H groups in total. The Morgan fingerprint density at radius 2 is 2.60 bits per heavy atom. The van der Waals surface area contributed by atoms with Crippen LogP contribution in [-0.2, 0) is 16.0 Å². The van der Waals surface area contributed by atoms with Crippen LogP contribution in [0, 0.1) is 0 Å². The lowest BCUT2D eigenvalue weighted by molar-refractivity contribution is -0.137. The number of carbonyl (C=O) groups excluding carboxylic acids is 1. The normalized spacial score (nSPS) is 12.9. The summed E-state index contributed by atoms with van der Waals surface area (Å²) in [6.45, 7) is 2.13. The predicted octanol–water partition coefficient (Wildman–Crippen LogP) is 0.399. The summed E-state index contributed by atoms with van der Waals surface area (Å²) in [7, 11) is 0. The SMILES string of the molecule is CCOC(=O)/C=C/C(N)Cc1c[nH]cn1. The Labute approximate surface area is 88.3 Å². The lowest BCUT2D eigenvalue weighted by Crippen LogP contribution is -2.20. The minimum atomic E-state index is -0.366. The predicted molar refractivity (Wildman–Crippen MR) is 56.0 cm³/mol. The molecule has 15 heavy (non-hydrogen) atoms. The van der Waals surface area contributed by atoms with Gasteiger partial charge in [0.05, 0.1) is 18.6 Å². The third kappa shape index (κ3) is 4.42. The molecule has 0 spiro atoms. The zero-order valence-electron chi connectivity index (χ0n) is 8.64. The Balaban J connectivity index is 2.35. The van der Waals surface area contributed by atoms with E-state index in [0.29, 0.717) is 13.0 Å². The first-order valence-corrected chi connectivity index (χ1v) is 4.80. The first kappa shape index (κ1) is 11.5. The summed E-state index contributed by atoms with van der Waals surface area (Å²) < 4.78 is 4.72. The number of ether oxygens (including phenoxy) is 1. The Morgan fingerprint density at radius 3 is 3.20 bits per heavy atom. The van der Waals surface area contributed by atoms with Crippen molar-refractivity contribution in [2.75, 3.05) is 6.61 Å². The van der Waals surface area contributed by atoms with Gasteiger partial charge >= 0.3 is 5.97 Å². The van der Waals surface area contributed by atoms with Crippen LogP contribution in [0.15, 0.2) is 24.7 Å². The van der Waals surface area contributed by atoms with E-state index in [-0.39, 0.29) is 12.0 Å². The molecule has 0 fully saturated rings. The lowest BCUT2D eigenvalue weighted by Gasteiger charge is -2.02. The van der Waals surface area contributed by atoms with Gasteiger partial charge in [0.2, 0.25) is 0 Å². The van der Waals surface area contributed by atoms with E-state index in [0.717, 1.165) is 5.69 Å². The van der Waals surface area contributed by atoms with E-state index in [1.54, 1.807) is 25.5 Å². The van der Waals surface area contributed by atoms with Gasteiger partial charge in [0.1, 0.15) is 0 Å². The average molecular weight is 209 g/mol. The fourth-order valence-corrected chi connectivity index (χ4v) is 1.10. The van der Waals surface area contributed by atoms with Crippen LogP contribution in [0.5, 0.6) is 0 Å². The van der Waals surface area contributed by atoms with Crippen molar-refractivity contribution in [1.82, 2.24) is 9.97 Å². The molecule has 0 radical (unpaired) electrons. The van der Waals surface area contributed by atoms with Gasteiger partial charge < -0.3 is 15.5 Å². The molecular formula is C10H15N3O2. The van der Waals surface area contributed by atoms with Crippen molar-refractivity contribution in [3.8, 4) is 0 Å². The van der Waals surface area contributed by atoms with Crippen molar-refractivity contribution < 1.29 is 9.53 Å². The summed E-state index contributed by atoms with van der Waals surface area (Å²) in [5.41, 5.74) is 6.63. The van der Waals surface area contributed by atoms with Crippen molar-refractivity contribution in [1.29, 1.82) is 0 Å². The molecule has 1 unspecified atom stereocenters. The van der Waals surface area contributed by atoms with Crippen molar-refractivity contribution in [3.63, 3.8) is 0 Å². The van der Waals surface area contributed by atoms with Gasteiger partial charge in [-0.25, -0.2) is 9.78 Å². The molecule has 0 amide bonds. The minimum absolute atomic E-state index is 0.224. The smallest absolute Gasteiger partial charge is 0.330 e. The monoisotopic (exact) mass is 209 g/mol. The second-order valence-corrected chi connectivity index (χ2v) is 3.04. The Bertz CT molecular complexity index is 319. The average Bonchev–Trinajstić information content (AvgIpc) is 2.68. The third-order valence-electron chi connectivity index (χ3n) is 1.77. The molecule has 1 aromatic heterocycles. The number of aromatic nitrogens is 2. The highest BCUT2D eigenvalue weighted by atomic mass is 16.5. The van der Waals surface area contributed by atoms with E-state index in [1.807, 2.05) is 0 Å². The zero-order chi connectivity index (χ0) is 11.1. The maximum Gasteiger partial charge on any atom is 0.330 e. The second-order valence-electron chi connectivity index (χ2n) is 3.04. The van der Waals surface area contributed by atoms with Crippen LogP contribution >= 0.6 is 0 Å². The molecule has 5 nitrogen and oxygen atoms in total. The van der Waals surface area contributed by atoms with Crippen LogP contribution in [0.4, 0.5) is 0 Å².